The Hall–Kier alpha value is -7.89. The summed E-state index contributed by atoms with van der Waals surface area (Å²) in [4.78, 5) is 9.90. The molecule has 11 rings (SSSR count). The highest BCUT2D eigenvalue weighted by atomic mass is 16.5. The van der Waals surface area contributed by atoms with Crippen molar-refractivity contribution in [2.24, 2.45) is 0 Å². The van der Waals surface area contributed by atoms with E-state index in [1.807, 2.05) is 6.20 Å². The normalized spacial score (nSPS) is 13.0. The van der Waals surface area contributed by atoms with Crippen LogP contribution in [0.2, 0.25) is 0 Å². The minimum atomic E-state index is -0.221. The first kappa shape index (κ1) is 44.6. The number of hydrogen-bond donors (Lipinski definition) is 0. The Kier molecular flexibility index (Phi) is 11.0. The molecule has 0 N–H and O–H groups in total. The van der Waals surface area contributed by atoms with Gasteiger partial charge in [0.25, 0.3) is 0 Å². The van der Waals surface area contributed by atoms with Crippen molar-refractivity contribution in [3.63, 3.8) is 0 Å². The Bertz CT molecular complexity index is 3540. The van der Waals surface area contributed by atoms with Gasteiger partial charge in [-0.3, -0.25) is 4.57 Å². The first-order chi connectivity index (χ1) is 33.7. The van der Waals surface area contributed by atoms with E-state index >= 15 is 0 Å². The summed E-state index contributed by atoms with van der Waals surface area (Å²) in [5.41, 5.74) is 16.2. The van der Waals surface area contributed by atoms with Gasteiger partial charge in [0.1, 0.15) is 24.0 Å². The van der Waals surface area contributed by atoms with Crippen LogP contribution in [0.1, 0.15) is 77.6 Å². The number of pyridine rings is 1. The second kappa shape index (κ2) is 17.3. The lowest BCUT2D eigenvalue weighted by atomic mass is 9.78. The molecule has 0 aliphatic carbocycles. The molecule has 0 saturated carbocycles. The zero-order valence-corrected chi connectivity index (χ0v) is 41.5. The third kappa shape index (κ3) is 8.30. The van der Waals surface area contributed by atoms with Crippen LogP contribution < -0.4 is 14.5 Å². The molecule has 1 aliphatic rings. The van der Waals surface area contributed by atoms with Gasteiger partial charge in [-0.2, -0.15) is 0 Å². The first-order valence-electron chi connectivity index (χ1n) is 24.5. The van der Waals surface area contributed by atoms with Gasteiger partial charge in [-0.1, -0.05) is 171 Å². The second-order valence-corrected chi connectivity index (χ2v) is 21.4. The maximum absolute atomic E-state index is 6.92. The van der Waals surface area contributed by atoms with Crippen LogP contribution in [0.3, 0.4) is 0 Å². The van der Waals surface area contributed by atoms with Gasteiger partial charge in [-0.15, -0.1) is 0 Å². The molecule has 0 fully saturated rings. The maximum atomic E-state index is 6.92. The van der Waals surface area contributed by atoms with Gasteiger partial charge < -0.3 is 14.5 Å². The molecule has 0 unspecified atom stereocenters. The van der Waals surface area contributed by atoms with E-state index in [4.69, 9.17) is 9.72 Å². The molecule has 346 valence electrons. The maximum Gasteiger partial charge on any atom is 0.137 e. The van der Waals surface area contributed by atoms with E-state index in [2.05, 4.69) is 270 Å². The van der Waals surface area contributed by atoms with Crippen molar-refractivity contribution >= 4 is 44.6 Å². The number of benzene rings is 8. The lowest BCUT2D eigenvalue weighted by Crippen LogP contribution is -2.24. The van der Waals surface area contributed by atoms with Crippen LogP contribution >= 0.6 is 0 Å². The summed E-state index contributed by atoms with van der Waals surface area (Å²) in [6.07, 6.45) is 1.94. The summed E-state index contributed by atoms with van der Waals surface area (Å²) in [6.45, 7) is 18.9. The molecule has 5 nitrogen and oxygen atoms in total. The summed E-state index contributed by atoms with van der Waals surface area (Å²) < 4.78 is 9.22. The van der Waals surface area contributed by atoms with Crippen LogP contribution in [0.25, 0.3) is 49.9 Å². The van der Waals surface area contributed by atoms with Crippen LogP contribution in [-0.4, -0.2) is 16.2 Å². The van der Waals surface area contributed by atoms with Crippen molar-refractivity contribution in [1.82, 2.24) is 9.55 Å². The van der Waals surface area contributed by atoms with Gasteiger partial charge in [0.2, 0.25) is 0 Å². The van der Waals surface area contributed by atoms with Crippen molar-refractivity contribution < 1.29 is 4.74 Å². The van der Waals surface area contributed by atoms with Crippen molar-refractivity contribution in [1.29, 1.82) is 0 Å². The smallest absolute Gasteiger partial charge is 0.137 e. The Morgan fingerprint density at radius 1 is 0.400 bits per heavy atom. The predicted octanol–water partition coefficient (Wildman–Crippen LogP) is 17.5. The number of hydrogen-bond acceptors (Lipinski definition) is 4. The molecule has 0 atom stereocenters. The Labute approximate surface area is 413 Å². The van der Waals surface area contributed by atoms with Gasteiger partial charge in [0.05, 0.1) is 22.4 Å². The first-order valence-corrected chi connectivity index (χ1v) is 24.5. The fourth-order valence-corrected chi connectivity index (χ4v) is 10.1. The van der Waals surface area contributed by atoms with E-state index in [-0.39, 0.29) is 16.2 Å². The quantitative estimate of drug-likeness (QED) is 0.144. The summed E-state index contributed by atoms with van der Waals surface area (Å²) >= 11 is 0. The van der Waals surface area contributed by atoms with Gasteiger partial charge in [-0.25, -0.2) is 4.98 Å². The van der Waals surface area contributed by atoms with Crippen LogP contribution in [0.15, 0.2) is 206 Å². The number of rotatable bonds is 9. The predicted molar refractivity (Wildman–Crippen MR) is 294 cm³/mol. The lowest BCUT2D eigenvalue weighted by Gasteiger charge is -2.28. The lowest BCUT2D eigenvalue weighted by molar-refractivity contribution is 0.483. The third-order valence-corrected chi connectivity index (χ3v) is 14.3. The highest BCUT2D eigenvalue weighted by molar-refractivity contribution is 6.10. The molecule has 3 heterocycles. The van der Waals surface area contributed by atoms with Crippen LogP contribution in [0, 0.1) is 0 Å². The molecule has 10 aromatic rings. The molecule has 8 aromatic carbocycles. The molecule has 5 heteroatoms. The van der Waals surface area contributed by atoms with Crippen LogP contribution in [0.4, 0.5) is 22.7 Å². The standard InChI is InChI=1S/C65H60N4O/c1-63(2,3)49-33-34-66-62(40-49)69-58-31-27-46(44-19-12-9-13-20-44)37-57(58)56-30-29-55(42-60(56)69)70-54-26-18-25-52(41-54)67-43-68(53-36-47(45-21-14-10-15-22-45)35-51(38-53)64(4,5)6)59-32-28-50(39-61(59)67)65(7,8)48-23-16-11-17-24-48/h9-42H,43H2,1-8H3. The summed E-state index contributed by atoms with van der Waals surface area (Å²) in [5, 5.41) is 2.31. The van der Waals surface area contributed by atoms with Gasteiger partial charge >= 0.3 is 0 Å². The molecule has 0 saturated heterocycles. The summed E-state index contributed by atoms with van der Waals surface area (Å²) in [5.74, 6) is 2.40. The van der Waals surface area contributed by atoms with E-state index in [1.165, 1.54) is 61.3 Å². The molecule has 0 spiro atoms. The number of fused-ring (bicyclic) bond motifs is 4. The second-order valence-electron chi connectivity index (χ2n) is 21.4. The third-order valence-electron chi connectivity index (χ3n) is 14.3. The number of ether oxygens (including phenoxy) is 1. The fraction of sp³-hybridized carbons (Fsp3) is 0.185. The van der Waals surface area contributed by atoms with Crippen molar-refractivity contribution in [3.05, 3.63) is 229 Å². The largest absolute Gasteiger partial charge is 0.457 e. The van der Waals surface area contributed by atoms with Crippen LogP contribution in [0.5, 0.6) is 11.5 Å². The van der Waals surface area contributed by atoms with Crippen LogP contribution in [-0.2, 0) is 16.2 Å². The number of aromatic nitrogens is 2. The minimum Gasteiger partial charge on any atom is -0.457 e. The summed E-state index contributed by atoms with van der Waals surface area (Å²) in [6, 6.07) is 72.5. The average Bonchev–Trinajstić information content (AvgIpc) is 3.92. The fourth-order valence-electron chi connectivity index (χ4n) is 10.1. The minimum absolute atomic E-state index is 0.0374. The number of anilines is 4. The molecule has 0 bridgehead atoms. The van der Waals surface area contributed by atoms with E-state index in [0.717, 1.165) is 45.1 Å². The van der Waals surface area contributed by atoms with E-state index in [9.17, 15) is 0 Å². The monoisotopic (exact) mass is 912 g/mol. The average molecular weight is 913 g/mol. The highest BCUT2D eigenvalue weighted by Gasteiger charge is 2.33. The highest BCUT2D eigenvalue weighted by Crippen LogP contribution is 2.49. The molecule has 1 aliphatic heterocycles. The van der Waals surface area contributed by atoms with Crippen molar-refractivity contribution in [3.8, 4) is 39.6 Å². The topological polar surface area (TPSA) is 33.5 Å². The Morgan fingerprint density at radius 2 is 1.07 bits per heavy atom. The zero-order chi connectivity index (χ0) is 48.4. The van der Waals surface area contributed by atoms with Gasteiger partial charge in [-0.05, 0) is 128 Å². The van der Waals surface area contributed by atoms with E-state index < -0.39 is 0 Å². The Balaban J connectivity index is 1.01. The molecular formula is C65H60N4O. The molecular weight excluding hydrogens is 853 g/mol. The molecule has 70 heavy (non-hydrogen) atoms. The van der Waals surface area contributed by atoms with Gasteiger partial charge in [0, 0.05) is 45.9 Å². The summed E-state index contributed by atoms with van der Waals surface area (Å²) in [7, 11) is 0. The van der Waals surface area contributed by atoms with Crippen molar-refractivity contribution in [2.45, 2.75) is 71.6 Å². The molecule has 0 amide bonds. The molecule has 0 radical (unpaired) electrons. The molecule has 2 aromatic heterocycles. The Morgan fingerprint density at radius 3 is 1.79 bits per heavy atom. The zero-order valence-electron chi connectivity index (χ0n) is 41.5. The SMILES string of the molecule is CC(C)(C)c1cc(-c2ccccc2)cc(N2CN(c3cccc(Oc4ccc5c6cc(-c7ccccc7)ccc6n(-c6cc(C(C)(C)C)ccn6)c5c4)c3)c3cc(C(C)(C)c4ccccc4)ccc32)c1. The number of nitrogens with zero attached hydrogens (tertiary/aromatic N) is 4. The van der Waals surface area contributed by atoms with Crippen molar-refractivity contribution in [2.75, 3.05) is 16.5 Å². The van der Waals surface area contributed by atoms with Gasteiger partial charge in [0.15, 0.2) is 0 Å². The van der Waals surface area contributed by atoms with E-state index in [0.29, 0.717) is 6.67 Å². The van der Waals surface area contributed by atoms with E-state index in [1.54, 1.807) is 0 Å².